The molecular formula is C18H22FN. The fraction of sp³-hybridized carbons (Fsp3) is 0.333. The summed E-state index contributed by atoms with van der Waals surface area (Å²) in [6, 6.07) is 15.7. The summed E-state index contributed by atoms with van der Waals surface area (Å²) in [7, 11) is 0. The smallest absolute Gasteiger partial charge is 0.127 e. The zero-order valence-corrected chi connectivity index (χ0v) is 12.4. The molecule has 0 saturated heterocycles. The third kappa shape index (κ3) is 3.45. The Morgan fingerprint density at radius 1 is 1.05 bits per heavy atom. The number of benzene rings is 2. The van der Waals surface area contributed by atoms with Crippen LogP contribution in [0.1, 0.15) is 49.0 Å². The molecule has 1 nitrogen and oxygen atoms in total. The first-order valence-corrected chi connectivity index (χ1v) is 7.19. The Labute approximate surface area is 120 Å². The first-order chi connectivity index (χ1) is 9.61. The molecular weight excluding hydrogens is 249 g/mol. The maximum absolute atomic E-state index is 13.9. The van der Waals surface area contributed by atoms with Gasteiger partial charge in [0.2, 0.25) is 0 Å². The molecule has 1 unspecified atom stereocenters. The zero-order valence-electron chi connectivity index (χ0n) is 12.4. The van der Waals surface area contributed by atoms with Gasteiger partial charge in [0.1, 0.15) is 5.82 Å². The van der Waals surface area contributed by atoms with Gasteiger partial charge in [0.25, 0.3) is 0 Å². The summed E-state index contributed by atoms with van der Waals surface area (Å²) in [4.78, 5) is 0. The van der Waals surface area contributed by atoms with E-state index in [0.717, 1.165) is 12.0 Å². The fourth-order valence-corrected chi connectivity index (χ4v) is 2.44. The van der Waals surface area contributed by atoms with Crippen molar-refractivity contribution >= 4 is 0 Å². The highest BCUT2D eigenvalue weighted by atomic mass is 19.1. The Hall–Kier alpha value is -1.67. The summed E-state index contributed by atoms with van der Waals surface area (Å²) < 4.78 is 13.9. The van der Waals surface area contributed by atoms with Crippen LogP contribution < -0.4 is 5.32 Å². The Morgan fingerprint density at radius 2 is 1.70 bits per heavy atom. The minimum absolute atomic E-state index is 0.0347. The van der Waals surface area contributed by atoms with Crippen molar-refractivity contribution in [2.24, 2.45) is 0 Å². The highest BCUT2D eigenvalue weighted by molar-refractivity contribution is 5.25. The largest absolute Gasteiger partial charge is 0.303 e. The van der Waals surface area contributed by atoms with Gasteiger partial charge in [-0.15, -0.1) is 0 Å². The van der Waals surface area contributed by atoms with E-state index >= 15 is 0 Å². The van der Waals surface area contributed by atoms with Gasteiger partial charge < -0.3 is 5.32 Å². The molecule has 2 aromatic carbocycles. The molecule has 0 radical (unpaired) electrons. The van der Waals surface area contributed by atoms with E-state index in [0.29, 0.717) is 0 Å². The van der Waals surface area contributed by atoms with Crippen molar-refractivity contribution in [1.29, 1.82) is 0 Å². The van der Waals surface area contributed by atoms with Gasteiger partial charge in [-0.1, -0.05) is 55.0 Å². The molecule has 2 heteroatoms. The third-order valence-corrected chi connectivity index (χ3v) is 3.72. The van der Waals surface area contributed by atoms with Crippen LogP contribution in [-0.2, 0) is 0 Å². The molecule has 0 aliphatic heterocycles. The van der Waals surface area contributed by atoms with Gasteiger partial charge in [-0.25, -0.2) is 4.39 Å². The summed E-state index contributed by atoms with van der Waals surface area (Å²) in [6.07, 6.45) is 0.858. The summed E-state index contributed by atoms with van der Waals surface area (Å²) in [5, 5.41) is 3.52. The monoisotopic (exact) mass is 271 g/mol. The molecule has 20 heavy (non-hydrogen) atoms. The number of hydrogen-bond acceptors (Lipinski definition) is 1. The second kappa shape index (κ2) is 6.67. The van der Waals surface area contributed by atoms with Crippen LogP contribution in [0.25, 0.3) is 0 Å². The topological polar surface area (TPSA) is 12.0 Å². The highest BCUT2D eigenvalue weighted by Crippen LogP contribution is 2.24. The maximum Gasteiger partial charge on any atom is 0.127 e. The van der Waals surface area contributed by atoms with Crippen LogP contribution in [0.3, 0.4) is 0 Å². The van der Waals surface area contributed by atoms with E-state index < -0.39 is 0 Å². The fourth-order valence-electron chi connectivity index (χ4n) is 2.44. The number of nitrogens with one attached hydrogen (secondary N) is 1. The molecule has 0 fully saturated rings. The minimum Gasteiger partial charge on any atom is -0.303 e. The Balaban J connectivity index is 2.14. The predicted molar refractivity (Wildman–Crippen MR) is 82.2 cm³/mol. The van der Waals surface area contributed by atoms with Crippen LogP contribution in [0.15, 0.2) is 48.5 Å². The number of aryl methyl sites for hydroxylation is 1. The molecule has 0 bridgehead atoms. The molecule has 2 rings (SSSR count). The molecule has 0 aliphatic rings. The first-order valence-electron chi connectivity index (χ1n) is 7.19. The third-order valence-electron chi connectivity index (χ3n) is 3.72. The molecule has 0 heterocycles. The number of hydrogen-bond donors (Lipinski definition) is 1. The average molecular weight is 271 g/mol. The van der Waals surface area contributed by atoms with Crippen LogP contribution in [0.5, 0.6) is 0 Å². The van der Waals surface area contributed by atoms with Gasteiger partial charge in [-0.05, 0) is 31.9 Å². The van der Waals surface area contributed by atoms with Gasteiger partial charge in [-0.2, -0.15) is 0 Å². The Morgan fingerprint density at radius 3 is 2.30 bits per heavy atom. The zero-order chi connectivity index (χ0) is 14.5. The Bertz CT molecular complexity index is 548. The van der Waals surface area contributed by atoms with Crippen molar-refractivity contribution < 1.29 is 4.39 Å². The van der Waals surface area contributed by atoms with E-state index in [1.54, 1.807) is 6.07 Å². The molecule has 0 amide bonds. The average Bonchev–Trinajstić information content (AvgIpc) is 2.46. The lowest BCUT2D eigenvalue weighted by molar-refractivity contribution is 0.439. The second-order valence-electron chi connectivity index (χ2n) is 5.28. The molecule has 0 spiro atoms. The van der Waals surface area contributed by atoms with Crippen molar-refractivity contribution in [2.45, 2.75) is 39.3 Å². The van der Waals surface area contributed by atoms with Gasteiger partial charge in [0.15, 0.2) is 0 Å². The van der Waals surface area contributed by atoms with E-state index in [-0.39, 0.29) is 17.9 Å². The van der Waals surface area contributed by atoms with Crippen molar-refractivity contribution in [3.63, 3.8) is 0 Å². The maximum atomic E-state index is 13.9. The molecule has 2 atom stereocenters. The van der Waals surface area contributed by atoms with E-state index in [2.05, 4.69) is 50.4 Å². The first kappa shape index (κ1) is 14.7. The summed E-state index contributed by atoms with van der Waals surface area (Å²) in [5.74, 6) is -0.136. The molecule has 2 aromatic rings. The molecule has 0 aliphatic carbocycles. The van der Waals surface area contributed by atoms with E-state index in [1.165, 1.54) is 17.2 Å². The predicted octanol–water partition coefficient (Wildman–Crippen LogP) is 4.94. The second-order valence-corrected chi connectivity index (χ2v) is 5.28. The van der Waals surface area contributed by atoms with Crippen LogP contribution in [0.2, 0.25) is 0 Å². The van der Waals surface area contributed by atoms with Crippen LogP contribution in [0.4, 0.5) is 4.39 Å². The lowest BCUT2D eigenvalue weighted by Gasteiger charge is -2.23. The Kier molecular flexibility index (Phi) is 4.91. The molecule has 1 N–H and O–H groups in total. The molecule has 0 saturated carbocycles. The van der Waals surface area contributed by atoms with E-state index in [1.807, 2.05) is 12.1 Å². The minimum atomic E-state index is -0.136. The van der Waals surface area contributed by atoms with Crippen molar-refractivity contribution in [1.82, 2.24) is 5.32 Å². The summed E-state index contributed by atoms with van der Waals surface area (Å²) in [5.41, 5.74) is 3.22. The summed E-state index contributed by atoms with van der Waals surface area (Å²) in [6.45, 7) is 6.27. The van der Waals surface area contributed by atoms with E-state index in [4.69, 9.17) is 0 Å². The lowest BCUT2D eigenvalue weighted by Crippen LogP contribution is -2.25. The van der Waals surface area contributed by atoms with Crippen molar-refractivity contribution in [2.75, 3.05) is 0 Å². The molecule has 0 aromatic heterocycles. The number of rotatable bonds is 5. The standard InChI is InChI=1S/C18H22FN/c1-4-18(16-7-5-6-8-17(16)19)20-14(3)15-11-9-13(2)10-12-15/h5-12,14,18,20H,4H2,1-3H3/t14-,18?/m1/s1. The van der Waals surface area contributed by atoms with Crippen LogP contribution in [-0.4, -0.2) is 0 Å². The number of halogens is 1. The van der Waals surface area contributed by atoms with Gasteiger partial charge in [0.05, 0.1) is 0 Å². The lowest BCUT2D eigenvalue weighted by atomic mass is 10.0. The highest BCUT2D eigenvalue weighted by Gasteiger charge is 2.16. The van der Waals surface area contributed by atoms with E-state index in [9.17, 15) is 4.39 Å². The quantitative estimate of drug-likeness (QED) is 0.812. The van der Waals surface area contributed by atoms with Crippen molar-refractivity contribution in [3.8, 4) is 0 Å². The van der Waals surface area contributed by atoms with Gasteiger partial charge in [0, 0.05) is 17.6 Å². The van der Waals surface area contributed by atoms with Crippen LogP contribution in [0, 0.1) is 12.7 Å². The van der Waals surface area contributed by atoms with Crippen LogP contribution >= 0.6 is 0 Å². The van der Waals surface area contributed by atoms with Crippen molar-refractivity contribution in [3.05, 3.63) is 71.0 Å². The molecule has 106 valence electrons. The van der Waals surface area contributed by atoms with Gasteiger partial charge >= 0.3 is 0 Å². The normalized spacial score (nSPS) is 14.0. The van der Waals surface area contributed by atoms with Gasteiger partial charge in [-0.3, -0.25) is 0 Å². The SMILES string of the molecule is CCC(N[C@H](C)c1ccc(C)cc1)c1ccccc1F. The summed E-state index contributed by atoms with van der Waals surface area (Å²) >= 11 is 0.